The van der Waals surface area contributed by atoms with E-state index in [1.165, 1.54) is 11.1 Å². The van der Waals surface area contributed by atoms with Gasteiger partial charge >= 0.3 is 0 Å². The summed E-state index contributed by atoms with van der Waals surface area (Å²) >= 11 is 0. The number of hydrogen-bond donors (Lipinski definition) is 1. The number of nitrogens with zero attached hydrogens (tertiary/aromatic N) is 1. The number of non-ortho nitro benzene ring substituents is 1. The van der Waals surface area contributed by atoms with E-state index >= 15 is 0 Å². The monoisotopic (exact) mass is 240 g/mol. The lowest BCUT2D eigenvalue weighted by atomic mass is 9.98. The van der Waals surface area contributed by atoms with Crippen molar-refractivity contribution < 1.29 is 4.92 Å². The first-order chi connectivity index (χ1) is 7.25. The molecule has 2 aliphatic rings. The molecule has 3 rings (SSSR count). The van der Waals surface area contributed by atoms with Gasteiger partial charge in [0.2, 0.25) is 0 Å². The van der Waals surface area contributed by atoms with Crippen molar-refractivity contribution in [3.05, 3.63) is 39.4 Å². The van der Waals surface area contributed by atoms with Crippen LogP contribution in [0.1, 0.15) is 29.4 Å². The highest BCUT2D eigenvalue weighted by Crippen LogP contribution is 2.44. The highest BCUT2D eigenvalue weighted by molar-refractivity contribution is 5.85. The second-order valence-electron chi connectivity index (χ2n) is 4.36. The molecule has 0 aromatic heterocycles. The number of fused-ring (bicyclic) bond motifs is 5. The third kappa shape index (κ3) is 1.58. The molecule has 16 heavy (non-hydrogen) atoms. The lowest BCUT2D eigenvalue weighted by Gasteiger charge is -2.19. The standard InChI is InChI=1S/C11H12N2O2.ClH/c14-13(15)9-1-2-10-7-3-8(6-12-5-7)11(10)4-9;/h1-2,4,7-8,12H,3,5-6H2;1H. The van der Waals surface area contributed by atoms with Gasteiger partial charge in [0.05, 0.1) is 4.92 Å². The fourth-order valence-electron chi connectivity index (χ4n) is 2.82. The molecule has 0 amide bonds. The molecule has 4 nitrogen and oxygen atoms in total. The molecular formula is C11H13ClN2O2. The average Bonchev–Trinajstić information content (AvgIpc) is 2.51. The number of rotatable bonds is 1. The van der Waals surface area contributed by atoms with E-state index in [4.69, 9.17) is 0 Å². The Hall–Kier alpha value is -1.13. The lowest BCUT2D eigenvalue weighted by Crippen LogP contribution is -2.28. The van der Waals surface area contributed by atoms with Crippen LogP contribution in [0.3, 0.4) is 0 Å². The largest absolute Gasteiger partial charge is 0.316 e. The smallest absolute Gasteiger partial charge is 0.269 e. The van der Waals surface area contributed by atoms with Gasteiger partial charge in [-0.05, 0) is 29.4 Å². The van der Waals surface area contributed by atoms with Crippen molar-refractivity contribution in [2.75, 3.05) is 13.1 Å². The molecule has 1 aliphatic heterocycles. The molecule has 2 unspecified atom stereocenters. The van der Waals surface area contributed by atoms with Crippen molar-refractivity contribution in [1.82, 2.24) is 5.32 Å². The van der Waals surface area contributed by atoms with Crippen LogP contribution >= 0.6 is 12.4 Å². The fourth-order valence-corrected chi connectivity index (χ4v) is 2.82. The molecular weight excluding hydrogens is 228 g/mol. The first-order valence-electron chi connectivity index (χ1n) is 5.24. The van der Waals surface area contributed by atoms with E-state index in [-0.39, 0.29) is 23.0 Å². The van der Waals surface area contributed by atoms with Gasteiger partial charge in [-0.15, -0.1) is 12.4 Å². The van der Waals surface area contributed by atoms with Crippen LogP contribution in [0.2, 0.25) is 0 Å². The predicted octanol–water partition coefficient (Wildman–Crippen LogP) is 2.19. The SMILES string of the molecule is Cl.O=[N+]([O-])c1ccc2c(c1)C1CNCC2C1. The van der Waals surface area contributed by atoms with Crippen molar-refractivity contribution in [1.29, 1.82) is 0 Å². The van der Waals surface area contributed by atoms with E-state index in [0.717, 1.165) is 19.5 Å². The molecule has 1 heterocycles. The summed E-state index contributed by atoms with van der Waals surface area (Å²) in [7, 11) is 0. The van der Waals surface area contributed by atoms with Crippen LogP contribution in [-0.4, -0.2) is 18.0 Å². The molecule has 0 saturated carbocycles. The number of piperidine rings is 1. The maximum atomic E-state index is 10.7. The second kappa shape index (κ2) is 4.03. The Morgan fingerprint density at radius 2 is 1.94 bits per heavy atom. The van der Waals surface area contributed by atoms with E-state index in [9.17, 15) is 10.1 Å². The molecule has 1 aromatic rings. The van der Waals surface area contributed by atoms with Gasteiger partial charge < -0.3 is 5.32 Å². The van der Waals surface area contributed by atoms with Crippen molar-refractivity contribution in [2.24, 2.45) is 0 Å². The van der Waals surface area contributed by atoms with E-state index in [2.05, 4.69) is 5.32 Å². The van der Waals surface area contributed by atoms with E-state index in [0.29, 0.717) is 11.8 Å². The first kappa shape index (κ1) is 11.4. The number of nitrogens with one attached hydrogen (secondary N) is 1. The zero-order chi connectivity index (χ0) is 10.4. The molecule has 1 aromatic carbocycles. The Morgan fingerprint density at radius 3 is 2.62 bits per heavy atom. The summed E-state index contributed by atoms with van der Waals surface area (Å²) in [5, 5.41) is 14.1. The van der Waals surface area contributed by atoms with Gasteiger partial charge in [-0.1, -0.05) is 6.07 Å². The maximum Gasteiger partial charge on any atom is 0.269 e. The van der Waals surface area contributed by atoms with Crippen LogP contribution in [0.4, 0.5) is 5.69 Å². The Bertz CT molecular complexity index is 436. The van der Waals surface area contributed by atoms with Crippen LogP contribution in [-0.2, 0) is 0 Å². The van der Waals surface area contributed by atoms with Gasteiger partial charge in [0.1, 0.15) is 0 Å². The van der Waals surface area contributed by atoms with Gasteiger partial charge in [-0.3, -0.25) is 10.1 Å². The third-order valence-corrected chi connectivity index (χ3v) is 3.51. The molecule has 86 valence electrons. The number of benzene rings is 1. The summed E-state index contributed by atoms with van der Waals surface area (Å²) in [4.78, 5) is 10.4. The molecule has 1 fully saturated rings. The Labute approximate surface area is 99.6 Å². The van der Waals surface area contributed by atoms with E-state index in [1.807, 2.05) is 6.07 Å². The first-order valence-corrected chi connectivity index (χ1v) is 5.24. The summed E-state index contributed by atoms with van der Waals surface area (Å²) in [5.74, 6) is 1.05. The van der Waals surface area contributed by atoms with Gasteiger partial charge in [-0.25, -0.2) is 0 Å². The van der Waals surface area contributed by atoms with Gasteiger partial charge in [-0.2, -0.15) is 0 Å². The van der Waals surface area contributed by atoms with Crippen LogP contribution in [0.25, 0.3) is 0 Å². The third-order valence-electron chi connectivity index (χ3n) is 3.51. The van der Waals surface area contributed by atoms with Crippen molar-refractivity contribution in [2.45, 2.75) is 18.3 Å². The maximum absolute atomic E-state index is 10.7. The van der Waals surface area contributed by atoms with Crippen molar-refractivity contribution in [3.63, 3.8) is 0 Å². The average molecular weight is 241 g/mol. The lowest BCUT2D eigenvalue weighted by molar-refractivity contribution is -0.384. The van der Waals surface area contributed by atoms with Gasteiger partial charge in [0.15, 0.2) is 0 Å². The molecule has 0 spiro atoms. The van der Waals surface area contributed by atoms with Crippen LogP contribution in [0, 0.1) is 10.1 Å². The molecule has 2 atom stereocenters. The summed E-state index contributed by atoms with van der Waals surface area (Å²) in [6.07, 6.45) is 1.16. The van der Waals surface area contributed by atoms with Gasteiger partial charge in [0.25, 0.3) is 5.69 Å². The molecule has 5 heteroatoms. The van der Waals surface area contributed by atoms with Gasteiger partial charge in [0, 0.05) is 25.2 Å². The van der Waals surface area contributed by atoms with Crippen molar-refractivity contribution in [3.8, 4) is 0 Å². The number of nitro benzene ring substituents is 1. The second-order valence-corrected chi connectivity index (χ2v) is 4.36. The number of nitro groups is 1. The zero-order valence-electron chi connectivity index (χ0n) is 8.68. The number of halogens is 1. The van der Waals surface area contributed by atoms with E-state index < -0.39 is 0 Å². The molecule has 1 saturated heterocycles. The zero-order valence-corrected chi connectivity index (χ0v) is 9.50. The predicted molar refractivity (Wildman–Crippen MR) is 63.3 cm³/mol. The summed E-state index contributed by atoms with van der Waals surface area (Å²) < 4.78 is 0. The van der Waals surface area contributed by atoms with Crippen LogP contribution < -0.4 is 5.32 Å². The highest BCUT2D eigenvalue weighted by Gasteiger charge is 2.34. The minimum absolute atomic E-state index is 0. The molecule has 2 bridgehead atoms. The Balaban J connectivity index is 0.000000963. The summed E-state index contributed by atoms with van der Waals surface area (Å²) in [6, 6.07) is 5.32. The highest BCUT2D eigenvalue weighted by atomic mass is 35.5. The normalized spacial score (nSPS) is 25.8. The van der Waals surface area contributed by atoms with E-state index in [1.54, 1.807) is 12.1 Å². The fraction of sp³-hybridized carbons (Fsp3) is 0.455. The Kier molecular flexibility index (Phi) is 2.86. The topological polar surface area (TPSA) is 55.2 Å². The Morgan fingerprint density at radius 1 is 1.25 bits per heavy atom. The van der Waals surface area contributed by atoms with Crippen molar-refractivity contribution >= 4 is 18.1 Å². The number of hydrogen-bond acceptors (Lipinski definition) is 3. The minimum atomic E-state index is -0.310. The molecule has 1 aliphatic carbocycles. The summed E-state index contributed by atoms with van der Waals surface area (Å²) in [6.45, 7) is 1.98. The van der Waals surface area contributed by atoms with Crippen LogP contribution in [0.5, 0.6) is 0 Å². The van der Waals surface area contributed by atoms with Crippen LogP contribution in [0.15, 0.2) is 18.2 Å². The minimum Gasteiger partial charge on any atom is -0.316 e. The quantitative estimate of drug-likeness (QED) is 0.605. The molecule has 0 radical (unpaired) electrons. The summed E-state index contributed by atoms with van der Waals surface area (Å²) in [5.41, 5.74) is 2.73. The molecule has 1 N–H and O–H groups in total.